The van der Waals surface area contributed by atoms with Crippen LogP contribution in [0.15, 0.2) is 71.3 Å². The summed E-state index contributed by atoms with van der Waals surface area (Å²) < 4.78 is 0. The molecule has 36 heavy (non-hydrogen) atoms. The Morgan fingerprint density at radius 1 is 0.861 bits per heavy atom. The highest BCUT2D eigenvalue weighted by molar-refractivity contribution is 6.33. The van der Waals surface area contributed by atoms with Crippen LogP contribution in [0.25, 0.3) is 0 Å². The number of Topliss-reactive ketones (excluding diaryl/α,β-unsaturated/α-hetero) is 3. The van der Waals surface area contributed by atoms with Gasteiger partial charge in [0.05, 0.1) is 0 Å². The van der Waals surface area contributed by atoms with Crippen molar-refractivity contribution in [3.63, 3.8) is 0 Å². The van der Waals surface area contributed by atoms with Gasteiger partial charge in [-0.1, -0.05) is 36.5 Å². The van der Waals surface area contributed by atoms with Crippen LogP contribution in [0.3, 0.4) is 0 Å². The molecule has 4 rings (SSSR count). The fraction of sp³-hybridized carbons (Fsp3) is 0.429. The number of carbonyl (C=O) groups is 4. The zero-order chi connectivity index (χ0) is 27.4. The van der Waals surface area contributed by atoms with Crippen molar-refractivity contribution in [1.29, 1.82) is 0 Å². The van der Waals surface area contributed by atoms with Crippen molar-refractivity contribution in [2.45, 2.75) is 52.7 Å². The van der Waals surface area contributed by atoms with E-state index in [1.807, 2.05) is 0 Å². The third-order valence-electron chi connectivity index (χ3n) is 8.03. The predicted molar refractivity (Wildman–Crippen MR) is 132 cm³/mol. The molecule has 0 saturated heterocycles. The van der Waals surface area contributed by atoms with Crippen LogP contribution < -0.4 is 0 Å². The number of allylic oxidation sites excluding steroid dienone is 9. The van der Waals surface area contributed by atoms with Crippen molar-refractivity contribution in [2.24, 2.45) is 22.7 Å². The average Bonchev–Trinajstić information content (AvgIpc) is 2.81. The molecule has 0 aliphatic heterocycles. The molecule has 3 fully saturated rings. The summed E-state index contributed by atoms with van der Waals surface area (Å²) in [6.45, 7) is 8.03. The number of ketones is 4. The first-order valence-corrected chi connectivity index (χ1v) is 11.7. The number of carbonyl (C=O) groups excluding carboxylic acids is 4. The van der Waals surface area contributed by atoms with Crippen LogP contribution in [0.5, 0.6) is 0 Å². The molecule has 2 bridgehead atoms. The van der Waals surface area contributed by atoms with Gasteiger partial charge in [-0.05, 0) is 53.7 Å². The summed E-state index contributed by atoms with van der Waals surface area (Å²) in [7, 11) is 0. The minimum Gasteiger partial charge on any atom is -0.509 e. The van der Waals surface area contributed by atoms with E-state index in [2.05, 4.69) is 0 Å². The molecule has 4 aliphatic carbocycles. The molecule has 0 aromatic carbocycles. The van der Waals surface area contributed by atoms with E-state index in [0.29, 0.717) is 0 Å². The molecule has 0 amide bonds. The molecule has 0 aromatic heterocycles. The molecule has 0 spiro atoms. The Morgan fingerprint density at radius 3 is 1.92 bits per heavy atom. The second-order valence-corrected chi connectivity index (χ2v) is 10.1. The predicted octanol–water partition coefficient (Wildman–Crippen LogP) is 2.94. The van der Waals surface area contributed by atoms with Crippen molar-refractivity contribution in [1.82, 2.24) is 0 Å². The maximum absolute atomic E-state index is 14.0. The number of aliphatic hydroxyl groups excluding tert-OH is 2. The van der Waals surface area contributed by atoms with Crippen molar-refractivity contribution < 1.29 is 39.6 Å². The summed E-state index contributed by atoms with van der Waals surface area (Å²) in [6, 6.07) is 0. The average molecular weight is 497 g/mol. The highest BCUT2D eigenvalue weighted by atomic mass is 16.3. The molecule has 8 heteroatoms. The van der Waals surface area contributed by atoms with Crippen LogP contribution >= 0.6 is 0 Å². The van der Waals surface area contributed by atoms with E-state index in [4.69, 9.17) is 0 Å². The molecule has 8 nitrogen and oxygen atoms in total. The number of hydrogen-bond donors (Lipinski definition) is 4. The van der Waals surface area contributed by atoms with E-state index in [-0.39, 0.29) is 5.57 Å². The molecular weight excluding hydrogens is 464 g/mol. The minimum atomic E-state index is -2.49. The zero-order valence-corrected chi connectivity index (χ0v) is 21.2. The summed E-state index contributed by atoms with van der Waals surface area (Å²) >= 11 is 0. The van der Waals surface area contributed by atoms with Gasteiger partial charge in [0.1, 0.15) is 33.6 Å². The first kappa shape index (κ1) is 27.2. The van der Waals surface area contributed by atoms with Crippen LogP contribution in [0.1, 0.15) is 41.5 Å². The maximum atomic E-state index is 14.0. The topological polar surface area (TPSA) is 149 Å². The van der Waals surface area contributed by atoms with E-state index in [0.717, 1.165) is 19.9 Å². The van der Waals surface area contributed by atoms with Crippen LogP contribution in [-0.2, 0) is 19.2 Å². The molecule has 3 saturated carbocycles. The van der Waals surface area contributed by atoms with E-state index in [1.165, 1.54) is 38.2 Å². The Morgan fingerprint density at radius 2 is 1.39 bits per heavy atom. The highest BCUT2D eigenvalue weighted by Gasteiger charge is 2.85. The molecule has 4 N–H and O–H groups in total. The molecule has 6 atom stereocenters. The minimum absolute atomic E-state index is 0.360. The normalized spacial score (nSPS) is 40.4. The summed E-state index contributed by atoms with van der Waals surface area (Å²) in [5.41, 5.74) is -10.4. The lowest BCUT2D eigenvalue weighted by atomic mass is 9.32. The van der Waals surface area contributed by atoms with Gasteiger partial charge in [-0.15, -0.1) is 0 Å². The highest BCUT2D eigenvalue weighted by Crippen LogP contribution is 2.70. The van der Waals surface area contributed by atoms with Gasteiger partial charge in [0.2, 0.25) is 0 Å². The smallest absolute Gasteiger partial charge is 0.179 e. The second-order valence-electron chi connectivity index (χ2n) is 10.1. The first-order valence-electron chi connectivity index (χ1n) is 11.7. The van der Waals surface area contributed by atoms with Crippen LogP contribution in [-0.4, -0.2) is 54.8 Å². The van der Waals surface area contributed by atoms with Crippen LogP contribution in [0, 0.1) is 22.7 Å². The molecule has 0 unspecified atom stereocenters. The van der Waals surface area contributed by atoms with E-state index in [1.54, 1.807) is 32.1 Å². The van der Waals surface area contributed by atoms with Gasteiger partial charge in [0, 0.05) is 23.0 Å². The van der Waals surface area contributed by atoms with Gasteiger partial charge in [-0.2, -0.15) is 0 Å². The van der Waals surface area contributed by atoms with Gasteiger partial charge in [0.15, 0.2) is 23.1 Å². The van der Waals surface area contributed by atoms with Gasteiger partial charge in [0.25, 0.3) is 0 Å². The molecule has 0 aromatic rings. The second kappa shape index (κ2) is 8.64. The van der Waals surface area contributed by atoms with Gasteiger partial charge >= 0.3 is 0 Å². The number of rotatable bonds is 5. The molecule has 192 valence electrons. The zero-order valence-electron chi connectivity index (χ0n) is 21.2. The van der Waals surface area contributed by atoms with Gasteiger partial charge in [-0.3, -0.25) is 19.2 Å². The number of hydrogen-bond acceptors (Lipinski definition) is 8. The van der Waals surface area contributed by atoms with Crippen molar-refractivity contribution in [3.05, 3.63) is 71.3 Å². The monoisotopic (exact) mass is 496 g/mol. The summed E-state index contributed by atoms with van der Waals surface area (Å²) in [6.07, 6.45) is 11.4. The van der Waals surface area contributed by atoms with Crippen molar-refractivity contribution in [3.8, 4) is 0 Å². The Bertz CT molecular complexity index is 1240. The third kappa shape index (κ3) is 3.07. The summed E-state index contributed by atoms with van der Waals surface area (Å²) in [4.78, 5) is 55.7. The SMILES string of the molecule is C/C=C/C=C\C(=O)[C@]12C(=O)C(C)=C(O)[C@@](C)(O)[C@H]1[C@H]1/C(=C(O)/C=C/C=C/C)C(=O)[C@]2(C)C(=O)[C@@]1(C)O. The summed E-state index contributed by atoms with van der Waals surface area (Å²) in [5, 5.41) is 44.9. The Hall–Kier alpha value is -3.36. The van der Waals surface area contributed by atoms with E-state index >= 15 is 0 Å². The fourth-order valence-electron chi connectivity index (χ4n) is 6.42. The molecule has 0 heterocycles. The lowest BCUT2D eigenvalue weighted by Crippen LogP contribution is -2.82. The van der Waals surface area contributed by atoms with Crippen LogP contribution in [0.2, 0.25) is 0 Å². The van der Waals surface area contributed by atoms with Gasteiger partial charge in [-0.25, -0.2) is 0 Å². The molecule has 0 radical (unpaired) electrons. The number of fused-ring (bicyclic) bond motifs is 2. The quantitative estimate of drug-likeness (QED) is 0.196. The largest absolute Gasteiger partial charge is 0.509 e. The first-order chi connectivity index (χ1) is 16.6. The standard InChI is InChI=1S/C28H32O8/c1-7-9-11-13-16(29)18-19-20-27(6,36)21(31)15(3)22(32)28(20,17(30)14-12-10-8-2)25(4,23(18)33)24(34)26(19,5)35/h7-14,19-20,29,31,35-36H,1-6H3/b9-7+,10-8+,13-11+,14-12-,18-16+/t19-,20-,25-,26+,27+,28-/m1/s1. The lowest BCUT2D eigenvalue weighted by molar-refractivity contribution is -0.222. The van der Waals surface area contributed by atoms with Gasteiger partial charge < -0.3 is 20.4 Å². The van der Waals surface area contributed by atoms with E-state index in [9.17, 15) is 39.6 Å². The Kier molecular flexibility index (Phi) is 6.53. The van der Waals surface area contributed by atoms with Crippen molar-refractivity contribution >= 4 is 23.1 Å². The summed E-state index contributed by atoms with van der Waals surface area (Å²) in [5.74, 6) is -8.63. The number of aliphatic hydroxyl groups is 4. The third-order valence-corrected chi connectivity index (χ3v) is 8.03. The Balaban J connectivity index is 2.56. The Labute approximate surface area is 209 Å². The molecular formula is C28H32O8. The van der Waals surface area contributed by atoms with Crippen molar-refractivity contribution in [2.75, 3.05) is 0 Å². The fourth-order valence-corrected chi connectivity index (χ4v) is 6.42. The maximum Gasteiger partial charge on any atom is 0.179 e. The van der Waals surface area contributed by atoms with Crippen LogP contribution in [0.4, 0.5) is 0 Å². The lowest BCUT2D eigenvalue weighted by Gasteiger charge is -2.66. The molecule has 4 aliphatic rings. The van der Waals surface area contributed by atoms with E-state index < -0.39 is 74.1 Å².